The van der Waals surface area contributed by atoms with E-state index in [4.69, 9.17) is 5.41 Å². The van der Waals surface area contributed by atoms with Gasteiger partial charge in [0, 0.05) is 47.2 Å². The molecule has 0 spiro atoms. The first-order valence-corrected chi connectivity index (χ1v) is 8.32. The summed E-state index contributed by atoms with van der Waals surface area (Å²) in [5.41, 5.74) is 4.62. The minimum Gasteiger partial charge on any atom is -0.392 e. The number of amides is 1. The molecule has 0 bridgehead atoms. The average Bonchev–Trinajstić information content (AvgIpc) is 3.15. The highest BCUT2D eigenvalue weighted by atomic mass is 16.1. The van der Waals surface area contributed by atoms with Gasteiger partial charge in [-0.05, 0) is 37.3 Å². The van der Waals surface area contributed by atoms with Crippen LogP contribution >= 0.6 is 0 Å². The van der Waals surface area contributed by atoms with Gasteiger partial charge in [0.2, 0.25) is 0 Å². The van der Waals surface area contributed by atoms with Crippen molar-refractivity contribution in [1.29, 1.82) is 5.41 Å². The number of aromatic amines is 1. The van der Waals surface area contributed by atoms with E-state index in [2.05, 4.69) is 20.6 Å². The van der Waals surface area contributed by atoms with Crippen LogP contribution in [0.25, 0.3) is 22.2 Å². The maximum Gasteiger partial charge on any atom is 0.251 e. The zero-order chi connectivity index (χ0) is 18.5. The smallest absolute Gasteiger partial charge is 0.251 e. The molecule has 0 aliphatic carbocycles. The van der Waals surface area contributed by atoms with E-state index in [1.54, 1.807) is 31.5 Å². The summed E-state index contributed by atoms with van der Waals surface area (Å²) >= 11 is 0. The van der Waals surface area contributed by atoms with E-state index in [9.17, 15) is 4.79 Å². The Bertz CT molecular complexity index is 969. The Hall–Kier alpha value is -3.41. The zero-order valence-electron chi connectivity index (χ0n) is 14.8. The van der Waals surface area contributed by atoms with Gasteiger partial charge in [0.05, 0.1) is 18.0 Å². The van der Waals surface area contributed by atoms with E-state index in [-0.39, 0.29) is 12.5 Å². The Morgan fingerprint density at radius 2 is 2.00 bits per heavy atom. The number of allylic oxidation sites excluding steroid dienone is 1. The van der Waals surface area contributed by atoms with Crippen molar-refractivity contribution in [2.24, 2.45) is 0 Å². The van der Waals surface area contributed by atoms with Crippen LogP contribution in [0.1, 0.15) is 17.3 Å². The number of rotatable bonds is 6. The van der Waals surface area contributed by atoms with Crippen molar-refractivity contribution >= 4 is 22.5 Å². The van der Waals surface area contributed by atoms with Crippen LogP contribution in [0, 0.1) is 5.41 Å². The quantitative estimate of drug-likeness (QED) is 0.516. The predicted octanol–water partition coefficient (Wildman–Crippen LogP) is 3.10. The molecule has 6 heteroatoms. The molecule has 0 atom stereocenters. The van der Waals surface area contributed by atoms with Crippen LogP contribution in [0.15, 0.2) is 60.6 Å². The van der Waals surface area contributed by atoms with E-state index in [1.807, 2.05) is 37.4 Å². The molecular weight excluding hydrogens is 326 g/mol. The van der Waals surface area contributed by atoms with Gasteiger partial charge in [0.15, 0.2) is 0 Å². The monoisotopic (exact) mass is 347 g/mol. The summed E-state index contributed by atoms with van der Waals surface area (Å²) in [6, 6.07) is 11.2. The van der Waals surface area contributed by atoms with Gasteiger partial charge in [-0.2, -0.15) is 0 Å². The standard InChI is InChI=1S/C20H21N5O/c1-13(22-2)11-16(21)12-25-20(26)15-5-3-14(4-6-15)19-17-7-9-23-18(17)8-10-24-19/h3-11,21-23H,12H2,1-2H3,(H,25,26)/b13-11-,21-16?. The van der Waals surface area contributed by atoms with Crippen molar-refractivity contribution in [3.05, 3.63) is 66.1 Å². The van der Waals surface area contributed by atoms with Gasteiger partial charge in [-0.25, -0.2) is 0 Å². The maximum absolute atomic E-state index is 12.3. The molecule has 2 aromatic heterocycles. The first kappa shape index (κ1) is 17.4. The number of pyridine rings is 1. The molecule has 132 valence electrons. The van der Waals surface area contributed by atoms with E-state index >= 15 is 0 Å². The molecule has 1 amide bonds. The fourth-order valence-corrected chi connectivity index (χ4v) is 2.65. The summed E-state index contributed by atoms with van der Waals surface area (Å²) in [6.45, 7) is 2.05. The van der Waals surface area contributed by atoms with Crippen molar-refractivity contribution in [3.8, 4) is 11.3 Å². The number of nitrogens with one attached hydrogen (secondary N) is 4. The van der Waals surface area contributed by atoms with Gasteiger partial charge in [-0.3, -0.25) is 9.78 Å². The highest BCUT2D eigenvalue weighted by molar-refractivity contribution is 6.01. The number of nitrogens with zero attached hydrogens (tertiary/aromatic N) is 1. The predicted molar refractivity (Wildman–Crippen MR) is 104 cm³/mol. The van der Waals surface area contributed by atoms with Gasteiger partial charge in [0.1, 0.15) is 0 Å². The van der Waals surface area contributed by atoms with Crippen LogP contribution in [0.2, 0.25) is 0 Å². The zero-order valence-corrected chi connectivity index (χ0v) is 14.8. The summed E-state index contributed by atoms with van der Waals surface area (Å²) < 4.78 is 0. The third-order valence-corrected chi connectivity index (χ3v) is 4.12. The summed E-state index contributed by atoms with van der Waals surface area (Å²) in [5.74, 6) is -0.204. The number of carbonyl (C=O) groups excluding carboxylic acids is 1. The van der Waals surface area contributed by atoms with Crippen LogP contribution < -0.4 is 10.6 Å². The lowest BCUT2D eigenvalue weighted by atomic mass is 10.1. The minimum absolute atomic E-state index is 0.184. The van der Waals surface area contributed by atoms with Crippen molar-refractivity contribution in [3.63, 3.8) is 0 Å². The minimum atomic E-state index is -0.204. The van der Waals surface area contributed by atoms with Gasteiger partial charge >= 0.3 is 0 Å². The molecular formula is C20H21N5O. The van der Waals surface area contributed by atoms with Crippen molar-refractivity contribution < 1.29 is 4.79 Å². The number of carbonyl (C=O) groups is 1. The number of hydrogen-bond acceptors (Lipinski definition) is 4. The van der Waals surface area contributed by atoms with E-state index in [1.165, 1.54) is 0 Å². The maximum atomic E-state index is 12.3. The number of hydrogen-bond donors (Lipinski definition) is 4. The Kier molecular flexibility index (Phi) is 5.12. The second-order valence-electron chi connectivity index (χ2n) is 5.96. The lowest BCUT2D eigenvalue weighted by molar-refractivity contribution is 0.0959. The molecule has 3 rings (SSSR count). The normalized spacial score (nSPS) is 11.4. The van der Waals surface area contributed by atoms with Gasteiger partial charge in [0.25, 0.3) is 5.91 Å². The molecule has 2 heterocycles. The fraction of sp³-hybridized carbons (Fsp3) is 0.150. The van der Waals surface area contributed by atoms with Crippen LogP contribution in [0.4, 0.5) is 0 Å². The number of aromatic nitrogens is 2. The summed E-state index contributed by atoms with van der Waals surface area (Å²) in [6.07, 6.45) is 5.34. The third kappa shape index (κ3) is 3.80. The summed E-state index contributed by atoms with van der Waals surface area (Å²) in [5, 5.41) is 14.6. The molecule has 4 N–H and O–H groups in total. The molecule has 3 aromatic rings. The Morgan fingerprint density at radius 3 is 2.73 bits per heavy atom. The lowest BCUT2D eigenvalue weighted by Gasteiger charge is -2.07. The second kappa shape index (κ2) is 7.65. The Labute approximate surface area is 151 Å². The van der Waals surface area contributed by atoms with E-state index < -0.39 is 0 Å². The highest BCUT2D eigenvalue weighted by Gasteiger charge is 2.09. The SMILES string of the molecule is CN/C(C)=C\C(=N)CNC(=O)c1ccc(-c2nccc3[nH]ccc23)cc1. The number of benzene rings is 1. The molecule has 1 aromatic carbocycles. The largest absolute Gasteiger partial charge is 0.392 e. The van der Waals surface area contributed by atoms with Crippen LogP contribution in [0.3, 0.4) is 0 Å². The number of H-pyrrole nitrogens is 1. The highest BCUT2D eigenvalue weighted by Crippen LogP contribution is 2.25. The third-order valence-electron chi connectivity index (χ3n) is 4.12. The average molecular weight is 347 g/mol. The van der Waals surface area contributed by atoms with E-state index in [0.29, 0.717) is 11.3 Å². The molecule has 6 nitrogen and oxygen atoms in total. The lowest BCUT2D eigenvalue weighted by Crippen LogP contribution is -2.28. The molecule has 0 aliphatic rings. The molecule has 0 radical (unpaired) electrons. The Morgan fingerprint density at radius 1 is 1.23 bits per heavy atom. The van der Waals surface area contributed by atoms with Crippen LogP contribution in [-0.2, 0) is 0 Å². The van der Waals surface area contributed by atoms with Crippen molar-refractivity contribution in [2.75, 3.05) is 13.6 Å². The van der Waals surface area contributed by atoms with Gasteiger partial charge < -0.3 is 21.0 Å². The van der Waals surface area contributed by atoms with Crippen molar-refractivity contribution in [2.45, 2.75) is 6.92 Å². The first-order chi connectivity index (χ1) is 12.6. The van der Waals surface area contributed by atoms with Crippen LogP contribution in [0.5, 0.6) is 0 Å². The molecule has 0 unspecified atom stereocenters. The van der Waals surface area contributed by atoms with E-state index in [0.717, 1.165) is 27.9 Å². The molecule has 0 saturated carbocycles. The molecule has 0 aliphatic heterocycles. The topological polar surface area (TPSA) is 93.7 Å². The van der Waals surface area contributed by atoms with Crippen molar-refractivity contribution in [1.82, 2.24) is 20.6 Å². The fourth-order valence-electron chi connectivity index (χ4n) is 2.65. The molecule has 0 fully saturated rings. The Balaban J connectivity index is 1.70. The molecule has 0 saturated heterocycles. The van der Waals surface area contributed by atoms with Gasteiger partial charge in [-0.15, -0.1) is 0 Å². The van der Waals surface area contributed by atoms with Crippen LogP contribution in [-0.4, -0.2) is 35.2 Å². The van der Waals surface area contributed by atoms with Gasteiger partial charge in [-0.1, -0.05) is 12.1 Å². The number of fused-ring (bicyclic) bond motifs is 1. The summed E-state index contributed by atoms with van der Waals surface area (Å²) in [7, 11) is 1.79. The second-order valence-corrected chi connectivity index (χ2v) is 5.96. The molecule has 26 heavy (non-hydrogen) atoms. The first-order valence-electron chi connectivity index (χ1n) is 8.32. The summed E-state index contributed by atoms with van der Waals surface area (Å²) in [4.78, 5) is 19.9.